The third-order valence-corrected chi connectivity index (χ3v) is 14.7. The second-order valence-corrected chi connectivity index (χ2v) is 18.4. The van der Waals surface area contributed by atoms with Crippen LogP contribution in [0, 0.1) is 0 Å². The molecular weight excluding hydrogens is 739 g/mol. The first-order valence-electron chi connectivity index (χ1n) is 21.6. The first-order chi connectivity index (χ1) is 29.8. The van der Waals surface area contributed by atoms with E-state index in [9.17, 15) is 0 Å². The molecule has 0 saturated carbocycles. The standard InChI is InChI=1S/C59H43NO/c1-57(2)47-20-10-7-17-41(47)44-29-26-37(33-52(44)57)60(38-27-30-45-42-18-8-11-21-48(42)58(3,4)53(45)34-38)39-28-31-46-43-19-9-12-22-49(43)59(54(46)35-39)50-23-13-14-24-55(50)61-56-40-16-6-5-15-36(40)25-32-51(56)59/h5-35H,1-4H3. The average molecular weight is 782 g/mol. The van der Waals surface area contributed by atoms with Crippen molar-refractivity contribution in [3.05, 3.63) is 233 Å². The molecule has 61 heavy (non-hydrogen) atoms. The molecule has 0 radical (unpaired) electrons. The fourth-order valence-corrected chi connectivity index (χ4v) is 11.9. The number of hydrogen-bond donors (Lipinski definition) is 0. The van der Waals surface area contributed by atoms with Gasteiger partial charge in [-0.1, -0.05) is 173 Å². The Morgan fingerprint density at radius 3 is 1.39 bits per heavy atom. The van der Waals surface area contributed by atoms with Crippen LogP contribution in [-0.4, -0.2) is 0 Å². The van der Waals surface area contributed by atoms with Crippen LogP contribution in [-0.2, 0) is 16.2 Å². The van der Waals surface area contributed by atoms with Crippen LogP contribution in [0.15, 0.2) is 188 Å². The predicted octanol–water partition coefficient (Wildman–Crippen LogP) is 15.4. The molecule has 2 nitrogen and oxygen atoms in total. The maximum atomic E-state index is 6.99. The lowest BCUT2D eigenvalue weighted by Crippen LogP contribution is -2.32. The van der Waals surface area contributed by atoms with E-state index in [1.54, 1.807) is 0 Å². The topological polar surface area (TPSA) is 12.5 Å². The zero-order valence-corrected chi connectivity index (χ0v) is 34.8. The minimum Gasteiger partial charge on any atom is -0.456 e. The van der Waals surface area contributed by atoms with Crippen LogP contribution in [0.3, 0.4) is 0 Å². The van der Waals surface area contributed by atoms with Crippen molar-refractivity contribution in [1.82, 2.24) is 0 Å². The Bertz CT molecular complexity index is 3260. The summed E-state index contributed by atoms with van der Waals surface area (Å²) in [6, 6.07) is 70.4. The summed E-state index contributed by atoms with van der Waals surface area (Å²) in [5, 5.41) is 2.30. The Morgan fingerprint density at radius 2 is 0.787 bits per heavy atom. The van der Waals surface area contributed by atoms with E-state index in [1.807, 2.05) is 0 Å². The van der Waals surface area contributed by atoms with Crippen molar-refractivity contribution >= 4 is 27.8 Å². The van der Waals surface area contributed by atoms with E-state index in [4.69, 9.17) is 4.74 Å². The maximum Gasteiger partial charge on any atom is 0.140 e. The summed E-state index contributed by atoms with van der Waals surface area (Å²) in [5.41, 5.74) is 20.7. The van der Waals surface area contributed by atoms with Gasteiger partial charge in [-0.3, -0.25) is 0 Å². The van der Waals surface area contributed by atoms with Gasteiger partial charge >= 0.3 is 0 Å². The minimum atomic E-state index is -0.606. The molecule has 0 saturated heterocycles. The van der Waals surface area contributed by atoms with Crippen molar-refractivity contribution in [2.75, 3.05) is 4.90 Å². The number of fused-ring (bicyclic) bond motifs is 17. The molecule has 0 amide bonds. The van der Waals surface area contributed by atoms with Gasteiger partial charge in [-0.05, 0) is 115 Å². The lowest BCUT2D eigenvalue weighted by molar-refractivity contribution is 0.441. The van der Waals surface area contributed by atoms with Gasteiger partial charge in [0.1, 0.15) is 11.5 Å². The first kappa shape index (κ1) is 34.7. The van der Waals surface area contributed by atoms with Crippen LogP contribution >= 0.6 is 0 Å². The fraction of sp³-hybridized carbons (Fsp3) is 0.119. The first-order valence-corrected chi connectivity index (χ1v) is 21.6. The molecule has 2 heteroatoms. The third-order valence-electron chi connectivity index (χ3n) is 14.7. The molecule has 1 atom stereocenters. The van der Waals surface area contributed by atoms with Crippen molar-refractivity contribution in [2.45, 2.75) is 43.9 Å². The van der Waals surface area contributed by atoms with Gasteiger partial charge in [0.25, 0.3) is 0 Å². The quantitative estimate of drug-likeness (QED) is 0.177. The van der Waals surface area contributed by atoms with Crippen LogP contribution in [0.5, 0.6) is 11.5 Å². The molecule has 4 aliphatic rings. The van der Waals surface area contributed by atoms with Gasteiger partial charge in [0.15, 0.2) is 0 Å². The molecule has 1 heterocycles. The Hall–Kier alpha value is -7.16. The highest BCUT2D eigenvalue weighted by Crippen LogP contribution is 2.64. The maximum absolute atomic E-state index is 6.99. The summed E-state index contributed by atoms with van der Waals surface area (Å²) in [4.78, 5) is 2.52. The highest BCUT2D eigenvalue weighted by atomic mass is 16.5. The van der Waals surface area contributed by atoms with Crippen molar-refractivity contribution in [3.63, 3.8) is 0 Å². The third kappa shape index (κ3) is 4.42. The highest BCUT2D eigenvalue weighted by molar-refractivity contribution is 5.97. The number of hydrogen-bond acceptors (Lipinski definition) is 2. The lowest BCUT2D eigenvalue weighted by Gasteiger charge is -2.40. The van der Waals surface area contributed by atoms with Gasteiger partial charge in [-0.15, -0.1) is 0 Å². The molecule has 1 aliphatic heterocycles. The number of anilines is 3. The molecule has 0 N–H and O–H groups in total. The van der Waals surface area contributed by atoms with Crippen molar-refractivity contribution in [3.8, 4) is 44.9 Å². The SMILES string of the molecule is CC1(C)c2ccccc2-c2ccc(N(c3ccc4c(c3)C(C)(C)c3ccccc3-4)c3ccc4c(c3)C3(c5ccccc5Oc5c3ccc3ccccc53)c3ccccc3-4)cc21. The van der Waals surface area contributed by atoms with Crippen LogP contribution in [0.4, 0.5) is 17.1 Å². The molecule has 9 aromatic carbocycles. The Morgan fingerprint density at radius 1 is 0.344 bits per heavy atom. The number of rotatable bonds is 3. The molecular formula is C59H43NO. The van der Waals surface area contributed by atoms with Crippen LogP contribution in [0.25, 0.3) is 44.2 Å². The van der Waals surface area contributed by atoms with Gasteiger partial charge in [-0.25, -0.2) is 0 Å². The van der Waals surface area contributed by atoms with E-state index in [0.29, 0.717) is 0 Å². The second-order valence-electron chi connectivity index (χ2n) is 18.4. The Labute approximate surface area is 357 Å². The Kier molecular flexibility index (Phi) is 6.81. The monoisotopic (exact) mass is 781 g/mol. The molecule has 13 rings (SSSR count). The number of ether oxygens (including phenoxy) is 1. The molecule has 0 aromatic heterocycles. The van der Waals surface area contributed by atoms with Gasteiger partial charge in [0.2, 0.25) is 0 Å². The predicted molar refractivity (Wildman–Crippen MR) is 251 cm³/mol. The van der Waals surface area contributed by atoms with E-state index in [2.05, 4.69) is 221 Å². The summed E-state index contributed by atoms with van der Waals surface area (Å²) in [7, 11) is 0. The smallest absolute Gasteiger partial charge is 0.140 e. The van der Waals surface area contributed by atoms with Crippen LogP contribution in [0.1, 0.15) is 72.2 Å². The highest BCUT2D eigenvalue weighted by Gasteiger charge is 2.52. The van der Waals surface area contributed by atoms with Crippen LogP contribution < -0.4 is 9.64 Å². The number of para-hydroxylation sites is 1. The average Bonchev–Trinajstić information content (AvgIpc) is 3.81. The van der Waals surface area contributed by atoms with E-state index in [0.717, 1.165) is 33.9 Å². The summed E-state index contributed by atoms with van der Waals surface area (Å²) in [6.07, 6.45) is 0. The van der Waals surface area contributed by atoms with E-state index in [-0.39, 0.29) is 10.8 Å². The normalized spacial score (nSPS) is 17.3. The minimum absolute atomic E-state index is 0.142. The molecule has 0 fully saturated rings. The van der Waals surface area contributed by atoms with Gasteiger partial charge in [0.05, 0.1) is 5.41 Å². The molecule has 9 aromatic rings. The van der Waals surface area contributed by atoms with Crippen LogP contribution in [0.2, 0.25) is 0 Å². The lowest BCUT2D eigenvalue weighted by atomic mass is 9.65. The van der Waals surface area contributed by atoms with Gasteiger partial charge < -0.3 is 9.64 Å². The molecule has 0 bridgehead atoms. The summed E-state index contributed by atoms with van der Waals surface area (Å²) < 4.78 is 6.99. The van der Waals surface area contributed by atoms with Crippen molar-refractivity contribution in [1.29, 1.82) is 0 Å². The summed E-state index contributed by atoms with van der Waals surface area (Å²) in [5.74, 6) is 1.83. The molecule has 1 spiro atoms. The molecule has 3 aliphatic carbocycles. The van der Waals surface area contributed by atoms with Gasteiger partial charge in [0, 0.05) is 44.4 Å². The molecule has 290 valence electrons. The van der Waals surface area contributed by atoms with Crippen molar-refractivity contribution in [2.24, 2.45) is 0 Å². The van der Waals surface area contributed by atoms with Crippen molar-refractivity contribution < 1.29 is 4.74 Å². The summed E-state index contributed by atoms with van der Waals surface area (Å²) >= 11 is 0. The van der Waals surface area contributed by atoms with E-state index < -0.39 is 5.41 Å². The number of benzene rings is 9. The second kappa shape index (κ2) is 12.0. The van der Waals surface area contributed by atoms with E-state index >= 15 is 0 Å². The molecule has 1 unspecified atom stereocenters. The van der Waals surface area contributed by atoms with E-state index in [1.165, 1.54) is 83.3 Å². The zero-order valence-electron chi connectivity index (χ0n) is 34.8. The van der Waals surface area contributed by atoms with Gasteiger partial charge in [-0.2, -0.15) is 0 Å². The number of nitrogens with zero attached hydrogens (tertiary/aromatic N) is 1. The zero-order chi connectivity index (χ0) is 40.8. The largest absolute Gasteiger partial charge is 0.456 e. The summed E-state index contributed by atoms with van der Waals surface area (Å²) in [6.45, 7) is 9.50. The fourth-order valence-electron chi connectivity index (χ4n) is 11.9. The Balaban J connectivity index is 1.09.